The van der Waals surface area contributed by atoms with Crippen LogP contribution in [-0.4, -0.2) is 48.3 Å². The molecule has 6 heteroatoms. The average Bonchev–Trinajstić information content (AvgIpc) is 2.70. The Balaban J connectivity index is 1.61. The molecular formula is C21H29N5O. The van der Waals surface area contributed by atoms with Gasteiger partial charge in [0, 0.05) is 37.9 Å². The normalized spacial score (nSPS) is 15.6. The lowest BCUT2D eigenvalue weighted by Crippen LogP contribution is -2.47. The summed E-state index contributed by atoms with van der Waals surface area (Å²) in [6, 6.07) is 10.3. The zero-order valence-electron chi connectivity index (χ0n) is 16.7. The van der Waals surface area contributed by atoms with Crippen molar-refractivity contribution in [1.82, 2.24) is 15.5 Å². The maximum atomic E-state index is 12.1. The van der Waals surface area contributed by atoms with Gasteiger partial charge < -0.3 is 15.1 Å². The summed E-state index contributed by atoms with van der Waals surface area (Å²) in [6.45, 7) is 12.0. The summed E-state index contributed by atoms with van der Waals surface area (Å²) < 4.78 is 0. The minimum absolute atomic E-state index is 0.136. The molecule has 6 nitrogen and oxygen atoms in total. The molecule has 144 valence electrons. The maximum Gasteiger partial charge on any atom is 0.272 e. The van der Waals surface area contributed by atoms with Gasteiger partial charge in [0.05, 0.1) is 0 Å². The lowest BCUT2D eigenvalue weighted by atomic mass is 10.1. The van der Waals surface area contributed by atoms with E-state index in [1.807, 2.05) is 19.9 Å². The molecule has 1 aliphatic rings. The number of benzene rings is 1. The number of aromatic nitrogens is 2. The van der Waals surface area contributed by atoms with E-state index in [4.69, 9.17) is 0 Å². The molecule has 1 unspecified atom stereocenters. The molecule has 0 aliphatic carbocycles. The first-order valence-corrected chi connectivity index (χ1v) is 9.70. The minimum Gasteiger partial charge on any atom is -0.368 e. The van der Waals surface area contributed by atoms with Crippen LogP contribution in [0.2, 0.25) is 0 Å². The quantitative estimate of drug-likeness (QED) is 0.880. The average molecular weight is 367 g/mol. The summed E-state index contributed by atoms with van der Waals surface area (Å²) in [5, 5.41) is 11.3. The lowest BCUT2D eigenvalue weighted by molar-refractivity contribution is 0.0933. The third-order valence-corrected chi connectivity index (χ3v) is 5.39. The summed E-state index contributed by atoms with van der Waals surface area (Å²) >= 11 is 0. The second-order valence-corrected chi connectivity index (χ2v) is 7.25. The minimum atomic E-state index is -0.164. The fraction of sp³-hybridized carbons (Fsp3) is 0.476. The van der Waals surface area contributed by atoms with Crippen LogP contribution in [0.4, 0.5) is 11.5 Å². The number of hydrogen-bond acceptors (Lipinski definition) is 5. The monoisotopic (exact) mass is 367 g/mol. The number of piperazine rings is 1. The molecule has 1 aliphatic heterocycles. The number of aryl methyl sites for hydroxylation is 1. The summed E-state index contributed by atoms with van der Waals surface area (Å²) in [5.41, 5.74) is 4.36. The van der Waals surface area contributed by atoms with Crippen molar-refractivity contribution >= 4 is 17.4 Å². The Bertz CT molecular complexity index is 782. The Labute approximate surface area is 161 Å². The number of nitrogens with one attached hydrogen (secondary N) is 1. The van der Waals surface area contributed by atoms with Crippen molar-refractivity contribution in [2.24, 2.45) is 0 Å². The predicted molar refractivity (Wildman–Crippen MR) is 110 cm³/mol. The van der Waals surface area contributed by atoms with E-state index in [2.05, 4.69) is 57.4 Å². The largest absolute Gasteiger partial charge is 0.368 e. The van der Waals surface area contributed by atoms with E-state index in [1.54, 1.807) is 6.07 Å². The zero-order valence-corrected chi connectivity index (χ0v) is 16.7. The van der Waals surface area contributed by atoms with Crippen molar-refractivity contribution in [3.63, 3.8) is 0 Å². The van der Waals surface area contributed by atoms with Crippen LogP contribution in [0.15, 0.2) is 30.3 Å². The zero-order chi connectivity index (χ0) is 19.4. The highest BCUT2D eigenvalue weighted by atomic mass is 16.2. The maximum absolute atomic E-state index is 12.1. The molecular weight excluding hydrogens is 338 g/mol. The fourth-order valence-electron chi connectivity index (χ4n) is 3.27. The number of hydrogen-bond donors (Lipinski definition) is 1. The Morgan fingerprint density at radius 3 is 2.41 bits per heavy atom. The molecule has 27 heavy (non-hydrogen) atoms. The number of nitrogens with zero attached hydrogens (tertiary/aromatic N) is 4. The Kier molecular flexibility index (Phi) is 5.94. The number of amides is 1. The van der Waals surface area contributed by atoms with E-state index in [9.17, 15) is 4.79 Å². The van der Waals surface area contributed by atoms with Crippen molar-refractivity contribution in [2.45, 2.75) is 40.2 Å². The molecule has 1 saturated heterocycles. The highest BCUT2D eigenvalue weighted by Crippen LogP contribution is 2.24. The van der Waals surface area contributed by atoms with Crippen molar-refractivity contribution in [3.05, 3.63) is 47.2 Å². The van der Waals surface area contributed by atoms with E-state index in [0.29, 0.717) is 5.69 Å². The van der Waals surface area contributed by atoms with Gasteiger partial charge in [-0.05, 0) is 56.5 Å². The number of carbonyl (C=O) groups excluding carboxylic acids is 1. The van der Waals surface area contributed by atoms with Crippen LogP contribution in [0.3, 0.4) is 0 Å². The van der Waals surface area contributed by atoms with E-state index in [1.165, 1.54) is 16.8 Å². The molecule has 0 bridgehead atoms. The van der Waals surface area contributed by atoms with E-state index >= 15 is 0 Å². The van der Waals surface area contributed by atoms with Gasteiger partial charge in [0.25, 0.3) is 5.91 Å². The topological polar surface area (TPSA) is 61.4 Å². The van der Waals surface area contributed by atoms with Crippen LogP contribution in [0, 0.1) is 13.8 Å². The van der Waals surface area contributed by atoms with Gasteiger partial charge in [-0.2, -0.15) is 0 Å². The van der Waals surface area contributed by atoms with Gasteiger partial charge in [0.15, 0.2) is 11.5 Å². The SMILES string of the molecule is CCC(C)NC(=O)c1ccc(N2CCN(c3cccc(C)c3C)CC2)nn1. The van der Waals surface area contributed by atoms with Crippen LogP contribution in [0.5, 0.6) is 0 Å². The molecule has 0 spiro atoms. The molecule has 0 saturated carbocycles. The molecule has 3 rings (SSSR count). The highest BCUT2D eigenvalue weighted by Gasteiger charge is 2.20. The molecule has 1 N–H and O–H groups in total. The molecule has 1 aromatic carbocycles. The second-order valence-electron chi connectivity index (χ2n) is 7.25. The van der Waals surface area contributed by atoms with Crippen LogP contribution in [-0.2, 0) is 0 Å². The first-order valence-electron chi connectivity index (χ1n) is 9.70. The Hall–Kier alpha value is -2.63. The Morgan fingerprint density at radius 1 is 1.07 bits per heavy atom. The van der Waals surface area contributed by atoms with Gasteiger partial charge in [-0.3, -0.25) is 4.79 Å². The van der Waals surface area contributed by atoms with Crippen molar-refractivity contribution < 1.29 is 4.79 Å². The van der Waals surface area contributed by atoms with Gasteiger partial charge in [0.2, 0.25) is 0 Å². The van der Waals surface area contributed by atoms with Crippen molar-refractivity contribution in [1.29, 1.82) is 0 Å². The molecule has 2 heterocycles. The smallest absolute Gasteiger partial charge is 0.272 e. The summed E-state index contributed by atoms with van der Waals surface area (Å²) in [7, 11) is 0. The lowest BCUT2D eigenvalue weighted by Gasteiger charge is -2.37. The number of rotatable bonds is 5. The predicted octanol–water partition coefficient (Wildman–Crippen LogP) is 2.95. The number of anilines is 2. The first kappa shape index (κ1) is 19.1. The van der Waals surface area contributed by atoms with Crippen LogP contribution in [0.25, 0.3) is 0 Å². The van der Waals surface area contributed by atoms with E-state index < -0.39 is 0 Å². The summed E-state index contributed by atoms with van der Waals surface area (Å²) in [5.74, 6) is 0.666. The van der Waals surface area contributed by atoms with Gasteiger partial charge in [0.1, 0.15) is 0 Å². The van der Waals surface area contributed by atoms with E-state index in [0.717, 1.165) is 38.4 Å². The van der Waals surface area contributed by atoms with E-state index in [-0.39, 0.29) is 11.9 Å². The van der Waals surface area contributed by atoms with Crippen LogP contribution < -0.4 is 15.1 Å². The van der Waals surface area contributed by atoms with Crippen molar-refractivity contribution in [3.8, 4) is 0 Å². The van der Waals surface area contributed by atoms with Gasteiger partial charge in [-0.25, -0.2) is 0 Å². The van der Waals surface area contributed by atoms with Crippen LogP contribution in [0.1, 0.15) is 41.9 Å². The van der Waals surface area contributed by atoms with Gasteiger partial charge in [-0.1, -0.05) is 19.1 Å². The third-order valence-electron chi connectivity index (χ3n) is 5.39. The highest BCUT2D eigenvalue weighted by molar-refractivity contribution is 5.92. The molecule has 0 radical (unpaired) electrons. The van der Waals surface area contributed by atoms with Gasteiger partial charge >= 0.3 is 0 Å². The Morgan fingerprint density at radius 2 is 1.78 bits per heavy atom. The fourth-order valence-corrected chi connectivity index (χ4v) is 3.27. The molecule has 1 atom stereocenters. The second kappa shape index (κ2) is 8.37. The third kappa shape index (κ3) is 4.38. The van der Waals surface area contributed by atoms with Crippen LogP contribution >= 0.6 is 0 Å². The summed E-state index contributed by atoms with van der Waals surface area (Å²) in [4.78, 5) is 16.8. The summed E-state index contributed by atoms with van der Waals surface area (Å²) in [6.07, 6.45) is 0.891. The first-order chi connectivity index (χ1) is 13.0. The van der Waals surface area contributed by atoms with Crippen molar-refractivity contribution in [2.75, 3.05) is 36.0 Å². The van der Waals surface area contributed by atoms with Gasteiger partial charge in [-0.15, -0.1) is 10.2 Å². The molecule has 1 amide bonds. The number of carbonyl (C=O) groups is 1. The molecule has 1 aromatic heterocycles. The molecule has 2 aromatic rings. The molecule has 1 fully saturated rings. The standard InChI is InChI=1S/C21H29N5O/c1-5-16(3)22-21(27)18-9-10-20(24-23-18)26-13-11-25(12-14-26)19-8-6-7-15(2)17(19)4/h6-10,16H,5,11-14H2,1-4H3,(H,22,27).